The normalized spacial score (nSPS) is 13.2. The van der Waals surface area contributed by atoms with Gasteiger partial charge in [-0.15, -0.1) is 11.3 Å². The van der Waals surface area contributed by atoms with Crippen LogP contribution >= 0.6 is 11.3 Å². The summed E-state index contributed by atoms with van der Waals surface area (Å²) < 4.78 is 16.2. The van der Waals surface area contributed by atoms with Gasteiger partial charge in [-0.05, 0) is 49.6 Å². The van der Waals surface area contributed by atoms with E-state index in [1.165, 1.54) is 6.07 Å². The van der Waals surface area contributed by atoms with E-state index in [1.807, 2.05) is 23.0 Å². The third kappa shape index (κ3) is 2.99. The first-order valence-corrected chi connectivity index (χ1v) is 7.83. The number of halogens is 1. The van der Waals surface area contributed by atoms with Gasteiger partial charge in [0.05, 0.1) is 5.69 Å². The van der Waals surface area contributed by atoms with Crippen molar-refractivity contribution in [3.05, 3.63) is 52.9 Å². The van der Waals surface area contributed by atoms with E-state index in [9.17, 15) is 4.39 Å². The van der Waals surface area contributed by atoms with Crippen molar-refractivity contribution in [2.24, 2.45) is 5.73 Å². The Labute approximate surface area is 127 Å². The van der Waals surface area contributed by atoms with Crippen molar-refractivity contribution in [1.82, 2.24) is 9.78 Å². The van der Waals surface area contributed by atoms with Crippen LogP contribution in [0.3, 0.4) is 0 Å². The number of hydrogen-bond donors (Lipinski definition) is 1. The molecular formula is C16H18FN3S. The maximum atomic E-state index is 13.2. The van der Waals surface area contributed by atoms with Gasteiger partial charge < -0.3 is 5.73 Å². The number of nitrogens with two attached hydrogens (primary N) is 1. The van der Waals surface area contributed by atoms with Crippen LogP contribution in [0.5, 0.6) is 0 Å². The Morgan fingerprint density at radius 1 is 1.29 bits per heavy atom. The molecule has 110 valence electrons. The van der Waals surface area contributed by atoms with Gasteiger partial charge in [0.25, 0.3) is 0 Å². The van der Waals surface area contributed by atoms with Gasteiger partial charge >= 0.3 is 0 Å². The second-order valence-electron chi connectivity index (χ2n) is 5.52. The third-order valence-electron chi connectivity index (χ3n) is 3.48. The highest BCUT2D eigenvalue weighted by Gasteiger charge is 2.13. The van der Waals surface area contributed by atoms with E-state index in [0.29, 0.717) is 12.5 Å². The smallest absolute Gasteiger partial charge is 0.123 e. The molecule has 3 rings (SSSR count). The Kier molecular flexibility index (Phi) is 3.78. The minimum absolute atomic E-state index is 0.110. The molecule has 1 unspecified atom stereocenters. The van der Waals surface area contributed by atoms with Crippen LogP contribution in [-0.4, -0.2) is 9.78 Å². The first-order valence-electron chi connectivity index (χ1n) is 7.01. The maximum Gasteiger partial charge on any atom is 0.123 e. The van der Waals surface area contributed by atoms with Crippen LogP contribution in [0.4, 0.5) is 4.39 Å². The number of nitrogens with zero attached hydrogens (tertiary/aromatic N) is 2. The molecule has 2 heterocycles. The molecule has 2 N–H and O–H groups in total. The van der Waals surface area contributed by atoms with Crippen LogP contribution in [0.2, 0.25) is 0 Å². The third-order valence-corrected chi connectivity index (χ3v) is 4.73. The predicted octanol–water partition coefficient (Wildman–Crippen LogP) is 4.06. The molecule has 0 aliphatic heterocycles. The number of aromatic nitrogens is 2. The van der Waals surface area contributed by atoms with Gasteiger partial charge in [-0.2, -0.15) is 5.10 Å². The van der Waals surface area contributed by atoms with Crippen molar-refractivity contribution >= 4 is 21.4 Å². The summed E-state index contributed by atoms with van der Waals surface area (Å²) in [6.07, 6.45) is 2.67. The second-order valence-corrected chi connectivity index (χ2v) is 6.64. The van der Waals surface area contributed by atoms with Crippen molar-refractivity contribution in [1.29, 1.82) is 0 Å². The van der Waals surface area contributed by atoms with Gasteiger partial charge in [0.15, 0.2) is 0 Å². The predicted molar refractivity (Wildman–Crippen MR) is 85.0 cm³/mol. The summed E-state index contributed by atoms with van der Waals surface area (Å²) in [6.45, 7) is 4.19. The summed E-state index contributed by atoms with van der Waals surface area (Å²) in [5.74, 6) is -0.212. The van der Waals surface area contributed by atoms with Crippen molar-refractivity contribution < 1.29 is 4.39 Å². The molecule has 0 amide bonds. The van der Waals surface area contributed by atoms with Crippen molar-refractivity contribution in [3.8, 4) is 0 Å². The second kappa shape index (κ2) is 5.58. The molecule has 0 fully saturated rings. The summed E-state index contributed by atoms with van der Waals surface area (Å²) in [5.41, 5.74) is 7.27. The first-order chi connectivity index (χ1) is 10.0. The quantitative estimate of drug-likeness (QED) is 0.790. The van der Waals surface area contributed by atoms with Crippen LogP contribution in [0, 0.1) is 5.82 Å². The Bertz CT molecular complexity index is 760. The highest BCUT2D eigenvalue weighted by Crippen LogP contribution is 2.30. The fourth-order valence-corrected chi connectivity index (χ4v) is 3.36. The minimum atomic E-state index is -0.212. The first kappa shape index (κ1) is 14.2. The van der Waals surface area contributed by atoms with Gasteiger partial charge in [0.1, 0.15) is 5.82 Å². The van der Waals surface area contributed by atoms with Crippen LogP contribution in [0.25, 0.3) is 10.1 Å². The SMILES string of the molecule is CC(C)n1ccc(CC(N)c2cc3cc(F)ccc3s2)n1. The molecule has 0 saturated heterocycles. The summed E-state index contributed by atoms with van der Waals surface area (Å²) in [4.78, 5) is 1.06. The Morgan fingerprint density at radius 3 is 2.81 bits per heavy atom. The zero-order chi connectivity index (χ0) is 15.0. The van der Waals surface area contributed by atoms with Crippen molar-refractivity contribution in [3.63, 3.8) is 0 Å². The van der Waals surface area contributed by atoms with Crippen molar-refractivity contribution in [2.75, 3.05) is 0 Å². The Morgan fingerprint density at radius 2 is 2.10 bits per heavy atom. The molecule has 21 heavy (non-hydrogen) atoms. The lowest BCUT2D eigenvalue weighted by atomic mass is 10.1. The number of thiophene rings is 1. The molecule has 1 atom stereocenters. The summed E-state index contributed by atoms with van der Waals surface area (Å²) in [6, 6.07) is 9.07. The van der Waals surface area contributed by atoms with Crippen LogP contribution < -0.4 is 5.73 Å². The number of rotatable bonds is 4. The van der Waals surface area contributed by atoms with Crippen LogP contribution in [0.15, 0.2) is 36.5 Å². The van der Waals surface area contributed by atoms with Gasteiger partial charge in [0.2, 0.25) is 0 Å². The molecule has 1 aromatic carbocycles. The average molecular weight is 303 g/mol. The van der Waals surface area contributed by atoms with Crippen LogP contribution in [-0.2, 0) is 6.42 Å². The highest BCUT2D eigenvalue weighted by molar-refractivity contribution is 7.19. The summed E-state index contributed by atoms with van der Waals surface area (Å²) in [5, 5.41) is 5.44. The summed E-state index contributed by atoms with van der Waals surface area (Å²) >= 11 is 1.62. The molecule has 0 aliphatic rings. The number of hydrogen-bond acceptors (Lipinski definition) is 3. The zero-order valence-electron chi connectivity index (χ0n) is 12.1. The van der Waals surface area contributed by atoms with Gasteiger partial charge in [-0.3, -0.25) is 4.68 Å². The fraction of sp³-hybridized carbons (Fsp3) is 0.312. The lowest BCUT2D eigenvalue weighted by molar-refractivity contribution is 0.523. The zero-order valence-corrected chi connectivity index (χ0v) is 12.9. The number of fused-ring (bicyclic) bond motifs is 1. The molecule has 0 radical (unpaired) electrons. The standard InChI is InChI=1S/C16H18FN3S/c1-10(2)20-6-5-13(19-20)9-14(18)16-8-11-7-12(17)3-4-15(11)21-16/h3-8,10,14H,9,18H2,1-2H3. The molecule has 3 aromatic rings. The van der Waals surface area contributed by atoms with E-state index in [1.54, 1.807) is 23.5 Å². The number of benzene rings is 1. The van der Waals surface area contributed by atoms with Gasteiger partial charge in [-0.25, -0.2) is 4.39 Å². The lowest BCUT2D eigenvalue weighted by Crippen LogP contribution is -2.12. The Hall–Kier alpha value is -1.72. The van der Waals surface area contributed by atoms with E-state index >= 15 is 0 Å². The molecule has 0 bridgehead atoms. The fourth-order valence-electron chi connectivity index (χ4n) is 2.32. The molecule has 0 aliphatic carbocycles. The average Bonchev–Trinajstić information content (AvgIpc) is 3.04. The van der Waals surface area contributed by atoms with E-state index < -0.39 is 0 Å². The minimum Gasteiger partial charge on any atom is -0.323 e. The van der Waals surface area contributed by atoms with E-state index in [-0.39, 0.29) is 11.9 Å². The lowest BCUT2D eigenvalue weighted by Gasteiger charge is -2.07. The molecular weight excluding hydrogens is 285 g/mol. The molecule has 5 heteroatoms. The summed E-state index contributed by atoms with van der Waals surface area (Å²) in [7, 11) is 0. The van der Waals surface area contributed by atoms with E-state index in [0.717, 1.165) is 20.7 Å². The van der Waals surface area contributed by atoms with E-state index in [2.05, 4.69) is 18.9 Å². The largest absolute Gasteiger partial charge is 0.323 e. The van der Waals surface area contributed by atoms with Gasteiger partial charge in [0, 0.05) is 34.3 Å². The highest BCUT2D eigenvalue weighted by atomic mass is 32.1. The monoisotopic (exact) mass is 303 g/mol. The van der Waals surface area contributed by atoms with Gasteiger partial charge in [-0.1, -0.05) is 0 Å². The molecule has 2 aromatic heterocycles. The van der Waals surface area contributed by atoms with Crippen LogP contribution in [0.1, 0.15) is 36.5 Å². The molecule has 0 spiro atoms. The molecule has 3 nitrogen and oxygen atoms in total. The topological polar surface area (TPSA) is 43.8 Å². The van der Waals surface area contributed by atoms with Crippen molar-refractivity contribution in [2.45, 2.75) is 32.4 Å². The Balaban J connectivity index is 1.80. The maximum absolute atomic E-state index is 13.2. The van der Waals surface area contributed by atoms with E-state index in [4.69, 9.17) is 5.73 Å². The molecule has 0 saturated carbocycles.